The van der Waals surface area contributed by atoms with Gasteiger partial charge in [0.1, 0.15) is 5.75 Å². The molecule has 26 heavy (non-hydrogen) atoms. The molecule has 2 N–H and O–H groups in total. The summed E-state index contributed by atoms with van der Waals surface area (Å²) < 4.78 is 39.7. The van der Waals surface area contributed by atoms with Crippen molar-refractivity contribution < 1.29 is 23.1 Å². The number of benzene rings is 2. The van der Waals surface area contributed by atoms with Crippen LogP contribution in [0.4, 0.5) is 24.5 Å². The van der Waals surface area contributed by atoms with E-state index in [1.54, 1.807) is 12.1 Å². The summed E-state index contributed by atoms with van der Waals surface area (Å²) in [4.78, 5) is 16.1. The van der Waals surface area contributed by atoms with Gasteiger partial charge in [-0.25, -0.2) is 13.2 Å². The van der Waals surface area contributed by atoms with Crippen molar-refractivity contribution >= 4 is 17.3 Å². The molecule has 0 aromatic heterocycles. The molecule has 1 heterocycles. The van der Waals surface area contributed by atoms with E-state index >= 15 is 0 Å². The Morgan fingerprint density at radius 1 is 0.962 bits per heavy atom. The molecule has 2 aromatic carbocycles. The second-order valence-electron chi connectivity index (χ2n) is 6.05. The van der Waals surface area contributed by atoms with Crippen molar-refractivity contribution in [2.24, 2.45) is 0 Å². The third-order valence-corrected chi connectivity index (χ3v) is 4.26. The molecule has 5 nitrogen and oxygen atoms in total. The number of carbonyl (C=O) groups is 1. The van der Waals surface area contributed by atoms with Crippen molar-refractivity contribution in [2.45, 2.75) is 0 Å². The summed E-state index contributed by atoms with van der Waals surface area (Å²) in [5.41, 5.74) is 0.604. The van der Waals surface area contributed by atoms with Gasteiger partial charge in [0.25, 0.3) is 0 Å². The predicted octanol–water partition coefficient (Wildman–Crippen LogP) is 2.57. The van der Waals surface area contributed by atoms with Crippen LogP contribution in [-0.4, -0.2) is 48.6 Å². The predicted molar refractivity (Wildman–Crippen MR) is 91.7 cm³/mol. The molecule has 0 unspecified atom stereocenters. The summed E-state index contributed by atoms with van der Waals surface area (Å²) in [5, 5.41) is 11.6. The zero-order valence-electron chi connectivity index (χ0n) is 13.9. The third-order valence-electron chi connectivity index (χ3n) is 4.26. The second kappa shape index (κ2) is 7.65. The fourth-order valence-electron chi connectivity index (χ4n) is 2.84. The van der Waals surface area contributed by atoms with Gasteiger partial charge < -0.3 is 15.3 Å². The Labute approximate surface area is 148 Å². The lowest BCUT2D eigenvalue weighted by Gasteiger charge is -2.35. The van der Waals surface area contributed by atoms with Crippen LogP contribution in [0.15, 0.2) is 36.4 Å². The van der Waals surface area contributed by atoms with Gasteiger partial charge in [0.15, 0.2) is 17.5 Å². The van der Waals surface area contributed by atoms with E-state index < -0.39 is 23.4 Å². The van der Waals surface area contributed by atoms with Crippen molar-refractivity contribution in [1.82, 2.24) is 4.90 Å². The lowest BCUT2D eigenvalue weighted by atomic mass is 10.2. The summed E-state index contributed by atoms with van der Waals surface area (Å²) in [5.74, 6) is -4.60. The van der Waals surface area contributed by atoms with E-state index in [1.807, 2.05) is 17.0 Å². The summed E-state index contributed by atoms with van der Waals surface area (Å²) in [6.07, 6.45) is 0. The fraction of sp³-hybridized carbons (Fsp3) is 0.278. The van der Waals surface area contributed by atoms with Crippen LogP contribution in [-0.2, 0) is 4.79 Å². The van der Waals surface area contributed by atoms with Crippen molar-refractivity contribution in [3.63, 3.8) is 0 Å². The van der Waals surface area contributed by atoms with Gasteiger partial charge in [-0.3, -0.25) is 9.69 Å². The highest BCUT2D eigenvalue weighted by molar-refractivity contribution is 5.92. The van der Waals surface area contributed by atoms with Crippen molar-refractivity contribution in [1.29, 1.82) is 0 Å². The van der Waals surface area contributed by atoms with Gasteiger partial charge in [0.05, 0.1) is 12.2 Å². The molecule has 3 rings (SSSR count). The van der Waals surface area contributed by atoms with Crippen LogP contribution in [0.3, 0.4) is 0 Å². The lowest BCUT2D eigenvalue weighted by molar-refractivity contribution is -0.117. The number of amides is 1. The highest BCUT2D eigenvalue weighted by Crippen LogP contribution is 2.21. The molecule has 0 bridgehead atoms. The van der Waals surface area contributed by atoms with Crippen LogP contribution in [0.1, 0.15) is 0 Å². The minimum absolute atomic E-state index is 0.0296. The normalized spacial score (nSPS) is 15.1. The van der Waals surface area contributed by atoms with Crippen LogP contribution in [0.2, 0.25) is 0 Å². The molecule has 2 aromatic rings. The molecular weight excluding hydrogens is 347 g/mol. The average Bonchev–Trinajstić information content (AvgIpc) is 2.64. The first-order valence-corrected chi connectivity index (χ1v) is 8.14. The summed E-state index contributed by atoms with van der Waals surface area (Å²) >= 11 is 0. The number of hydrogen-bond acceptors (Lipinski definition) is 4. The Kier molecular flexibility index (Phi) is 5.32. The molecular formula is C18H18F3N3O2. The largest absolute Gasteiger partial charge is 0.508 e. The van der Waals surface area contributed by atoms with E-state index in [0.717, 1.165) is 17.8 Å². The Balaban J connectivity index is 1.52. The zero-order chi connectivity index (χ0) is 18.7. The Bertz CT molecular complexity index is 791. The first-order chi connectivity index (χ1) is 12.4. The number of hydrogen-bond donors (Lipinski definition) is 2. The van der Waals surface area contributed by atoms with E-state index in [4.69, 9.17) is 0 Å². The number of aromatic hydroxyl groups is 1. The lowest BCUT2D eigenvalue weighted by Crippen LogP contribution is -2.48. The van der Waals surface area contributed by atoms with Gasteiger partial charge in [-0.2, -0.15) is 0 Å². The highest BCUT2D eigenvalue weighted by atomic mass is 19.2. The monoisotopic (exact) mass is 365 g/mol. The molecule has 8 heteroatoms. The zero-order valence-corrected chi connectivity index (χ0v) is 13.9. The number of phenols is 1. The number of rotatable bonds is 4. The van der Waals surface area contributed by atoms with Crippen molar-refractivity contribution in [3.05, 3.63) is 53.8 Å². The van der Waals surface area contributed by atoms with Gasteiger partial charge in [0, 0.05) is 31.9 Å². The first-order valence-electron chi connectivity index (χ1n) is 8.14. The molecule has 0 radical (unpaired) electrons. The Hall–Kier alpha value is -2.74. The fourth-order valence-corrected chi connectivity index (χ4v) is 2.84. The Morgan fingerprint density at radius 3 is 2.27 bits per heavy atom. The number of nitrogens with one attached hydrogen (secondary N) is 1. The minimum atomic E-state index is -1.61. The van der Waals surface area contributed by atoms with E-state index in [1.165, 1.54) is 0 Å². The quantitative estimate of drug-likeness (QED) is 0.818. The molecule has 1 amide bonds. The third kappa shape index (κ3) is 4.08. The molecule has 0 spiro atoms. The number of anilines is 2. The van der Waals surface area contributed by atoms with Crippen LogP contribution in [0, 0.1) is 17.5 Å². The molecule has 0 atom stereocenters. The van der Waals surface area contributed by atoms with Gasteiger partial charge in [-0.05, 0) is 36.4 Å². The van der Waals surface area contributed by atoms with Gasteiger partial charge in [0.2, 0.25) is 5.91 Å². The summed E-state index contributed by atoms with van der Waals surface area (Å²) in [6, 6.07) is 8.64. The first kappa shape index (κ1) is 18.1. The Morgan fingerprint density at radius 2 is 1.62 bits per heavy atom. The maximum Gasteiger partial charge on any atom is 0.238 e. The minimum Gasteiger partial charge on any atom is -0.508 e. The van der Waals surface area contributed by atoms with Crippen LogP contribution >= 0.6 is 0 Å². The van der Waals surface area contributed by atoms with Crippen LogP contribution < -0.4 is 10.2 Å². The van der Waals surface area contributed by atoms with Gasteiger partial charge in [-0.1, -0.05) is 0 Å². The maximum absolute atomic E-state index is 13.6. The van der Waals surface area contributed by atoms with Crippen LogP contribution in [0.5, 0.6) is 5.75 Å². The van der Waals surface area contributed by atoms with E-state index in [2.05, 4.69) is 10.2 Å². The van der Waals surface area contributed by atoms with E-state index in [9.17, 15) is 23.1 Å². The molecule has 1 fully saturated rings. The van der Waals surface area contributed by atoms with Crippen molar-refractivity contribution in [2.75, 3.05) is 42.9 Å². The van der Waals surface area contributed by atoms with Crippen LogP contribution in [0.25, 0.3) is 0 Å². The summed E-state index contributed by atoms with van der Waals surface area (Å²) in [7, 11) is 0. The topological polar surface area (TPSA) is 55.8 Å². The number of piperazine rings is 1. The second-order valence-corrected chi connectivity index (χ2v) is 6.05. The highest BCUT2D eigenvalue weighted by Gasteiger charge is 2.21. The van der Waals surface area contributed by atoms with Gasteiger partial charge in [-0.15, -0.1) is 0 Å². The van der Waals surface area contributed by atoms with E-state index in [-0.39, 0.29) is 18.0 Å². The molecule has 0 saturated carbocycles. The standard InChI is InChI=1S/C18H18F3N3O2/c19-14-5-6-15(18(21)17(14)20)22-16(26)11-23-7-9-24(10-8-23)12-1-3-13(25)4-2-12/h1-6,25H,7-11H2,(H,22,26). The number of halogens is 3. The number of phenolic OH excluding ortho intramolecular Hbond substituents is 1. The molecule has 0 aliphatic carbocycles. The number of carbonyl (C=O) groups excluding carboxylic acids is 1. The smallest absolute Gasteiger partial charge is 0.238 e. The maximum atomic E-state index is 13.6. The molecule has 1 saturated heterocycles. The molecule has 1 aliphatic heterocycles. The summed E-state index contributed by atoms with van der Waals surface area (Å²) in [6.45, 7) is 2.65. The average molecular weight is 365 g/mol. The van der Waals surface area contributed by atoms with E-state index in [0.29, 0.717) is 26.2 Å². The number of nitrogens with zero attached hydrogens (tertiary/aromatic N) is 2. The van der Waals surface area contributed by atoms with Gasteiger partial charge >= 0.3 is 0 Å². The molecule has 138 valence electrons. The van der Waals surface area contributed by atoms with Crippen molar-refractivity contribution in [3.8, 4) is 5.75 Å². The SMILES string of the molecule is O=C(CN1CCN(c2ccc(O)cc2)CC1)Nc1ccc(F)c(F)c1F. The molecule has 1 aliphatic rings.